The largest absolute Gasteiger partial charge is 0.319 e. The lowest BCUT2D eigenvalue weighted by Crippen LogP contribution is -1.95. The minimum absolute atomic E-state index is 0.758. The van der Waals surface area contributed by atoms with Gasteiger partial charge in [-0.15, -0.1) is 0 Å². The van der Waals surface area contributed by atoms with Crippen molar-refractivity contribution in [2.45, 2.75) is 6.54 Å². The average molecular weight is 267 g/mol. The molecule has 0 saturated heterocycles. The summed E-state index contributed by atoms with van der Waals surface area (Å²) in [6.07, 6.45) is 1.94. The molecule has 0 amide bonds. The number of hydrogen-bond acceptors (Lipinski definition) is 1. The van der Waals surface area contributed by atoms with Gasteiger partial charge in [-0.1, -0.05) is 48.0 Å². The topological polar surface area (TPSA) is 17.8 Å². The summed E-state index contributed by atoms with van der Waals surface area (Å²) >= 11 is 5.94. The van der Waals surface area contributed by atoms with Gasteiger partial charge in [0, 0.05) is 10.6 Å². The van der Waals surface area contributed by atoms with Gasteiger partial charge < -0.3 is 4.57 Å². The smallest absolute Gasteiger partial charge is 0.141 e. The van der Waals surface area contributed by atoms with E-state index in [-0.39, 0.29) is 0 Å². The zero-order valence-corrected chi connectivity index (χ0v) is 10.9. The second-order valence-electron chi connectivity index (χ2n) is 4.72. The lowest BCUT2D eigenvalue weighted by Gasteiger charge is -2.05. The van der Waals surface area contributed by atoms with Crippen molar-refractivity contribution < 1.29 is 0 Å². The molecule has 4 rings (SSSR count). The summed E-state index contributed by atoms with van der Waals surface area (Å²) in [5, 5.41) is 0.758. The molecule has 1 aromatic heterocycles. The fraction of sp³-hybridized carbons (Fsp3) is 0.0625. The molecule has 0 N–H and O–H groups in total. The normalized spacial score (nSPS) is 12.3. The van der Waals surface area contributed by atoms with Crippen LogP contribution in [0.3, 0.4) is 0 Å². The Morgan fingerprint density at radius 3 is 2.63 bits per heavy atom. The minimum Gasteiger partial charge on any atom is -0.319 e. The zero-order chi connectivity index (χ0) is 12.8. The number of aromatic nitrogens is 2. The zero-order valence-electron chi connectivity index (χ0n) is 10.2. The molecule has 0 aliphatic carbocycles. The summed E-state index contributed by atoms with van der Waals surface area (Å²) in [4.78, 5) is 4.57. The molecule has 1 aliphatic rings. The third-order valence-electron chi connectivity index (χ3n) is 3.58. The van der Waals surface area contributed by atoms with E-state index >= 15 is 0 Å². The van der Waals surface area contributed by atoms with E-state index in [4.69, 9.17) is 11.6 Å². The molecular formula is C16H11ClN2. The molecular weight excluding hydrogens is 256 g/mol. The highest BCUT2D eigenvalue weighted by molar-refractivity contribution is 6.30. The van der Waals surface area contributed by atoms with E-state index in [9.17, 15) is 0 Å². The Labute approximate surface area is 116 Å². The molecule has 0 radical (unpaired) electrons. The monoisotopic (exact) mass is 266 g/mol. The molecule has 0 saturated carbocycles. The SMILES string of the molecule is Clc1ccc(-c2cnc3n2Cc2ccccc2-3)cc1. The van der Waals surface area contributed by atoms with Crippen LogP contribution in [0.5, 0.6) is 0 Å². The van der Waals surface area contributed by atoms with E-state index in [0.29, 0.717) is 0 Å². The number of benzene rings is 2. The first-order valence-corrected chi connectivity index (χ1v) is 6.60. The third-order valence-corrected chi connectivity index (χ3v) is 3.83. The molecule has 19 heavy (non-hydrogen) atoms. The van der Waals surface area contributed by atoms with E-state index in [1.807, 2.05) is 30.5 Å². The Morgan fingerprint density at radius 2 is 1.79 bits per heavy atom. The predicted octanol–water partition coefficient (Wildman–Crippen LogP) is 4.23. The maximum Gasteiger partial charge on any atom is 0.141 e. The molecule has 3 aromatic rings. The summed E-state index contributed by atoms with van der Waals surface area (Å²) in [7, 11) is 0. The summed E-state index contributed by atoms with van der Waals surface area (Å²) < 4.78 is 2.26. The lowest BCUT2D eigenvalue weighted by atomic mass is 10.1. The second kappa shape index (κ2) is 3.97. The van der Waals surface area contributed by atoms with Gasteiger partial charge >= 0.3 is 0 Å². The van der Waals surface area contributed by atoms with Crippen LogP contribution >= 0.6 is 11.6 Å². The van der Waals surface area contributed by atoms with Crippen molar-refractivity contribution in [3.8, 4) is 22.6 Å². The Bertz CT molecular complexity index is 757. The third kappa shape index (κ3) is 1.60. The van der Waals surface area contributed by atoms with Crippen LogP contribution in [0.25, 0.3) is 22.6 Å². The number of nitrogens with zero attached hydrogens (tertiary/aromatic N) is 2. The van der Waals surface area contributed by atoms with Crippen molar-refractivity contribution in [2.24, 2.45) is 0 Å². The molecule has 0 atom stereocenters. The van der Waals surface area contributed by atoms with Crippen LogP contribution < -0.4 is 0 Å². The van der Waals surface area contributed by atoms with E-state index in [1.54, 1.807) is 0 Å². The van der Waals surface area contributed by atoms with Crippen LogP contribution in [0, 0.1) is 0 Å². The first-order chi connectivity index (χ1) is 9.33. The van der Waals surface area contributed by atoms with Crippen molar-refractivity contribution in [3.63, 3.8) is 0 Å². The Kier molecular flexibility index (Phi) is 2.26. The first kappa shape index (κ1) is 10.8. The maximum absolute atomic E-state index is 5.94. The van der Waals surface area contributed by atoms with E-state index in [0.717, 1.165) is 28.6 Å². The van der Waals surface area contributed by atoms with Crippen molar-refractivity contribution in [2.75, 3.05) is 0 Å². The Hall–Kier alpha value is -2.06. The van der Waals surface area contributed by atoms with Gasteiger partial charge in [0.2, 0.25) is 0 Å². The van der Waals surface area contributed by atoms with Gasteiger partial charge in [0.25, 0.3) is 0 Å². The summed E-state index contributed by atoms with van der Waals surface area (Å²) in [5.41, 5.74) is 4.86. The molecule has 2 heterocycles. The average Bonchev–Trinajstić information content (AvgIpc) is 2.98. The fourth-order valence-corrected chi connectivity index (χ4v) is 2.77. The van der Waals surface area contributed by atoms with Gasteiger partial charge in [-0.05, 0) is 23.3 Å². The number of imidazole rings is 1. The van der Waals surface area contributed by atoms with Gasteiger partial charge in [-0.3, -0.25) is 0 Å². The quantitative estimate of drug-likeness (QED) is 0.504. The molecule has 0 fully saturated rings. The summed E-state index contributed by atoms with van der Waals surface area (Å²) in [5.74, 6) is 1.06. The highest BCUT2D eigenvalue weighted by atomic mass is 35.5. The summed E-state index contributed by atoms with van der Waals surface area (Å²) in [6.45, 7) is 0.892. The number of hydrogen-bond donors (Lipinski definition) is 0. The van der Waals surface area contributed by atoms with Gasteiger partial charge in [-0.2, -0.15) is 0 Å². The van der Waals surface area contributed by atoms with Crippen LogP contribution in [0.2, 0.25) is 5.02 Å². The van der Waals surface area contributed by atoms with Crippen LogP contribution in [0.4, 0.5) is 0 Å². The lowest BCUT2D eigenvalue weighted by molar-refractivity contribution is 0.856. The molecule has 92 valence electrons. The Balaban J connectivity index is 1.87. The maximum atomic E-state index is 5.94. The molecule has 0 unspecified atom stereocenters. The highest BCUT2D eigenvalue weighted by Crippen LogP contribution is 2.35. The standard InChI is InChI=1S/C16H11ClN2/c17-13-7-5-11(6-8-13)15-9-18-16-14-4-2-1-3-12(14)10-19(15)16/h1-9H,10H2. The van der Waals surface area contributed by atoms with E-state index in [2.05, 4.69) is 33.8 Å². The van der Waals surface area contributed by atoms with Crippen LogP contribution in [-0.2, 0) is 6.54 Å². The summed E-state index contributed by atoms with van der Waals surface area (Å²) in [6, 6.07) is 16.3. The molecule has 1 aliphatic heterocycles. The van der Waals surface area contributed by atoms with E-state index < -0.39 is 0 Å². The fourth-order valence-electron chi connectivity index (χ4n) is 2.65. The van der Waals surface area contributed by atoms with Crippen LogP contribution in [0.1, 0.15) is 5.56 Å². The highest BCUT2D eigenvalue weighted by Gasteiger charge is 2.22. The molecule has 0 bridgehead atoms. The van der Waals surface area contributed by atoms with Crippen molar-refractivity contribution >= 4 is 11.6 Å². The predicted molar refractivity (Wildman–Crippen MR) is 77.2 cm³/mol. The van der Waals surface area contributed by atoms with Crippen molar-refractivity contribution in [3.05, 3.63) is 65.3 Å². The molecule has 2 nitrogen and oxygen atoms in total. The van der Waals surface area contributed by atoms with Crippen molar-refractivity contribution in [1.29, 1.82) is 0 Å². The van der Waals surface area contributed by atoms with Gasteiger partial charge in [0.15, 0.2) is 0 Å². The number of fused-ring (bicyclic) bond motifs is 3. The van der Waals surface area contributed by atoms with Crippen LogP contribution in [-0.4, -0.2) is 9.55 Å². The van der Waals surface area contributed by atoms with Crippen molar-refractivity contribution in [1.82, 2.24) is 9.55 Å². The number of rotatable bonds is 1. The van der Waals surface area contributed by atoms with Gasteiger partial charge in [-0.25, -0.2) is 4.98 Å². The number of halogens is 1. The van der Waals surface area contributed by atoms with Gasteiger partial charge in [0.05, 0.1) is 18.4 Å². The minimum atomic E-state index is 0.758. The Morgan fingerprint density at radius 1 is 1.00 bits per heavy atom. The van der Waals surface area contributed by atoms with Crippen LogP contribution in [0.15, 0.2) is 54.7 Å². The second-order valence-corrected chi connectivity index (χ2v) is 5.15. The molecule has 3 heteroatoms. The molecule has 0 spiro atoms. The van der Waals surface area contributed by atoms with Gasteiger partial charge in [0.1, 0.15) is 5.82 Å². The first-order valence-electron chi connectivity index (χ1n) is 6.23. The van der Waals surface area contributed by atoms with E-state index in [1.165, 1.54) is 11.1 Å². The molecule has 2 aromatic carbocycles.